The van der Waals surface area contributed by atoms with Gasteiger partial charge in [0.2, 0.25) is 5.91 Å². The third kappa shape index (κ3) is 6.33. The molecular weight excluding hydrogens is 282 g/mol. The van der Waals surface area contributed by atoms with Gasteiger partial charge in [-0.1, -0.05) is 23.7 Å². The Labute approximate surface area is 122 Å². The Bertz CT molecular complexity index is 484. The van der Waals surface area contributed by atoms with E-state index in [9.17, 15) is 14.4 Å². The first kappa shape index (κ1) is 16.2. The lowest BCUT2D eigenvalue weighted by molar-refractivity contribution is -0.141. The van der Waals surface area contributed by atoms with Crippen LogP contribution in [0, 0.1) is 0 Å². The van der Waals surface area contributed by atoms with Gasteiger partial charge in [0.05, 0.1) is 26.5 Å². The van der Waals surface area contributed by atoms with E-state index in [2.05, 4.69) is 10.1 Å². The summed E-state index contributed by atoms with van der Waals surface area (Å²) in [7, 11) is 1.26. The normalized spacial score (nSPS) is 9.90. The second-order valence-electron chi connectivity index (χ2n) is 4.19. The topological polar surface area (TPSA) is 72.5 Å². The summed E-state index contributed by atoms with van der Waals surface area (Å²) in [5, 5.41) is 3.12. The molecule has 20 heavy (non-hydrogen) atoms. The minimum absolute atomic E-state index is 0.0301. The molecule has 0 heterocycles. The van der Waals surface area contributed by atoms with E-state index < -0.39 is 5.97 Å². The molecule has 0 aromatic heterocycles. The highest BCUT2D eigenvalue weighted by molar-refractivity contribution is 6.30. The van der Waals surface area contributed by atoms with E-state index in [1.165, 1.54) is 7.11 Å². The van der Waals surface area contributed by atoms with Crippen LogP contribution in [0.3, 0.4) is 0 Å². The number of rotatable bonds is 7. The molecule has 0 fully saturated rings. The zero-order valence-electron chi connectivity index (χ0n) is 11.1. The lowest BCUT2D eigenvalue weighted by Gasteiger charge is -2.05. The fraction of sp³-hybridized carbons (Fsp3) is 0.357. The van der Waals surface area contributed by atoms with Crippen LogP contribution in [0.2, 0.25) is 5.02 Å². The van der Waals surface area contributed by atoms with Gasteiger partial charge in [-0.25, -0.2) is 0 Å². The number of benzene rings is 1. The van der Waals surface area contributed by atoms with Crippen molar-refractivity contribution in [2.75, 3.05) is 13.7 Å². The van der Waals surface area contributed by atoms with Gasteiger partial charge in [-0.3, -0.25) is 14.4 Å². The molecular formula is C14H16ClNO4. The van der Waals surface area contributed by atoms with E-state index >= 15 is 0 Å². The molecule has 5 nitrogen and oxygen atoms in total. The third-order valence-corrected chi connectivity index (χ3v) is 2.85. The average molecular weight is 298 g/mol. The van der Waals surface area contributed by atoms with Gasteiger partial charge in [-0.15, -0.1) is 0 Å². The number of methoxy groups -OCH3 is 1. The first-order valence-corrected chi connectivity index (χ1v) is 6.48. The van der Waals surface area contributed by atoms with Crippen LogP contribution in [0.4, 0.5) is 0 Å². The molecule has 0 aliphatic heterocycles. The molecule has 6 heteroatoms. The molecule has 0 radical (unpaired) electrons. The fourth-order valence-corrected chi connectivity index (χ4v) is 1.61. The lowest BCUT2D eigenvalue weighted by Crippen LogP contribution is -2.30. The summed E-state index contributed by atoms with van der Waals surface area (Å²) in [6.45, 7) is -0.0799. The molecule has 0 saturated carbocycles. The highest BCUT2D eigenvalue weighted by Gasteiger charge is 2.09. The van der Waals surface area contributed by atoms with Gasteiger partial charge in [0.25, 0.3) is 0 Å². The molecule has 1 aromatic rings. The maximum Gasteiger partial charge on any atom is 0.305 e. The van der Waals surface area contributed by atoms with Gasteiger partial charge in [0.1, 0.15) is 0 Å². The molecule has 0 unspecified atom stereocenters. The van der Waals surface area contributed by atoms with E-state index in [1.54, 1.807) is 24.3 Å². The minimum atomic E-state index is -0.439. The van der Waals surface area contributed by atoms with Crippen LogP contribution in [0.25, 0.3) is 0 Å². The molecule has 0 bridgehead atoms. The maximum absolute atomic E-state index is 11.6. The Morgan fingerprint density at radius 1 is 1.15 bits per heavy atom. The van der Waals surface area contributed by atoms with Crippen LogP contribution in [-0.2, 0) is 25.5 Å². The van der Waals surface area contributed by atoms with Crippen molar-refractivity contribution in [3.8, 4) is 0 Å². The Kier molecular flexibility index (Phi) is 6.73. The summed E-state index contributed by atoms with van der Waals surface area (Å²) >= 11 is 5.74. The number of ether oxygens (including phenoxy) is 1. The number of Topliss-reactive ketones (excluding diaryl/α,β-unsaturated/α-hetero) is 1. The molecule has 0 atom stereocenters. The number of hydrogen-bond acceptors (Lipinski definition) is 4. The van der Waals surface area contributed by atoms with Crippen molar-refractivity contribution in [1.29, 1.82) is 0 Å². The van der Waals surface area contributed by atoms with Crippen molar-refractivity contribution in [3.63, 3.8) is 0 Å². The van der Waals surface area contributed by atoms with Gasteiger partial charge in [-0.05, 0) is 17.7 Å². The van der Waals surface area contributed by atoms with Crippen LogP contribution in [0.5, 0.6) is 0 Å². The largest absolute Gasteiger partial charge is 0.469 e. The second kappa shape index (κ2) is 8.32. The predicted octanol–water partition coefficient (Wildman–Crippen LogP) is 1.52. The molecule has 0 saturated heterocycles. The van der Waals surface area contributed by atoms with Crippen molar-refractivity contribution in [2.24, 2.45) is 0 Å². The van der Waals surface area contributed by atoms with Gasteiger partial charge in [0, 0.05) is 11.4 Å². The molecule has 1 aromatic carbocycles. The summed E-state index contributed by atoms with van der Waals surface area (Å²) in [6, 6.07) is 6.90. The molecule has 1 N–H and O–H groups in total. The summed E-state index contributed by atoms with van der Waals surface area (Å²) in [5.74, 6) is -0.899. The van der Waals surface area contributed by atoms with Gasteiger partial charge in [0.15, 0.2) is 5.78 Å². The SMILES string of the molecule is COC(=O)CCC(=O)CNC(=O)Cc1ccc(Cl)cc1. The number of halogens is 1. The summed E-state index contributed by atoms with van der Waals surface area (Å²) < 4.78 is 4.43. The molecule has 0 spiro atoms. The van der Waals surface area contributed by atoms with E-state index in [0.29, 0.717) is 5.02 Å². The van der Waals surface area contributed by atoms with E-state index in [1.807, 2.05) is 0 Å². The predicted molar refractivity (Wildman–Crippen MR) is 74.4 cm³/mol. The van der Waals surface area contributed by atoms with Crippen molar-refractivity contribution in [3.05, 3.63) is 34.9 Å². The maximum atomic E-state index is 11.6. The van der Waals surface area contributed by atoms with E-state index in [-0.39, 0.29) is 37.5 Å². The zero-order chi connectivity index (χ0) is 15.0. The number of ketones is 1. The smallest absolute Gasteiger partial charge is 0.305 e. The van der Waals surface area contributed by atoms with Gasteiger partial charge in [-0.2, -0.15) is 0 Å². The number of nitrogens with one attached hydrogen (secondary N) is 1. The molecule has 1 rings (SSSR count). The number of carbonyl (C=O) groups excluding carboxylic acids is 3. The number of amides is 1. The van der Waals surface area contributed by atoms with Gasteiger partial charge < -0.3 is 10.1 Å². The minimum Gasteiger partial charge on any atom is -0.469 e. The van der Waals surface area contributed by atoms with Gasteiger partial charge >= 0.3 is 5.97 Å². The number of hydrogen-bond donors (Lipinski definition) is 1. The van der Waals surface area contributed by atoms with Crippen LogP contribution in [-0.4, -0.2) is 31.3 Å². The molecule has 108 valence electrons. The lowest BCUT2D eigenvalue weighted by atomic mass is 10.1. The number of esters is 1. The monoisotopic (exact) mass is 297 g/mol. The van der Waals surface area contributed by atoms with E-state index in [0.717, 1.165) is 5.56 Å². The summed E-state index contributed by atoms with van der Waals surface area (Å²) in [4.78, 5) is 33.9. The second-order valence-corrected chi connectivity index (χ2v) is 4.63. The highest BCUT2D eigenvalue weighted by atomic mass is 35.5. The fourth-order valence-electron chi connectivity index (χ4n) is 1.48. The quantitative estimate of drug-likeness (QED) is 0.775. The summed E-state index contributed by atoms with van der Waals surface area (Å²) in [6.07, 6.45) is 0.276. The Morgan fingerprint density at radius 3 is 2.40 bits per heavy atom. The Morgan fingerprint density at radius 2 is 1.80 bits per heavy atom. The highest BCUT2D eigenvalue weighted by Crippen LogP contribution is 2.09. The van der Waals surface area contributed by atoms with Crippen LogP contribution < -0.4 is 5.32 Å². The first-order chi connectivity index (χ1) is 9.51. The molecule has 1 amide bonds. The first-order valence-electron chi connectivity index (χ1n) is 6.11. The van der Waals surface area contributed by atoms with Crippen molar-refractivity contribution in [1.82, 2.24) is 5.32 Å². The van der Waals surface area contributed by atoms with Crippen LogP contribution in [0.15, 0.2) is 24.3 Å². The standard InChI is InChI=1S/C14H16ClNO4/c1-20-14(19)7-6-12(17)9-16-13(18)8-10-2-4-11(15)5-3-10/h2-5H,6-9H2,1H3,(H,16,18). The number of carbonyl (C=O) groups is 3. The van der Waals surface area contributed by atoms with Crippen LogP contribution >= 0.6 is 11.6 Å². The van der Waals surface area contributed by atoms with Crippen LogP contribution in [0.1, 0.15) is 18.4 Å². The van der Waals surface area contributed by atoms with Crippen molar-refractivity contribution < 1.29 is 19.1 Å². The third-order valence-electron chi connectivity index (χ3n) is 2.60. The molecule has 0 aliphatic carbocycles. The molecule has 0 aliphatic rings. The van der Waals surface area contributed by atoms with Crippen molar-refractivity contribution >= 4 is 29.3 Å². The average Bonchev–Trinajstić information content (AvgIpc) is 2.45. The Balaban J connectivity index is 2.27. The zero-order valence-corrected chi connectivity index (χ0v) is 11.9. The summed E-state index contributed by atoms with van der Waals surface area (Å²) in [5.41, 5.74) is 0.814. The Hall–Kier alpha value is -1.88. The van der Waals surface area contributed by atoms with Crippen molar-refractivity contribution in [2.45, 2.75) is 19.3 Å². The van der Waals surface area contributed by atoms with E-state index in [4.69, 9.17) is 11.6 Å².